The van der Waals surface area contributed by atoms with Crippen molar-refractivity contribution in [2.24, 2.45) is 0 Å². The molecule has 1 radical (unpaired) electrons. The first-order valence-electron chi connectivity index (χ1n) is 5.57. The summed E-state index contributed by atoms with van der Waals surface area (Å²) in [5, 5.41) is 0. The van der Waals surface area contributed by atoms with Crippen LogP contribution in [0.5, 0.6) is 0 Å². The number of ether oxygens (including phenoxy) is 4. The van der Waals surface area contributed by atoms with Gasteiger partial charge in [-0.25, -0.2) is 4.79 Å². The number of esters is 1. The number of carbonyl (C=O) groups excluding carboxylic acids is 1. The van der Waals surface area contributed by atoms with Crippen LogP contribution in [0.3, 0.4) is 0 Å². The van der Waals surface area contributed by atoms with E-state index in [2.05, 4.69) is 6.42 Å². The zero-order valence-corrected chi connectivity index (χ0v) is 9.18. The van der Waals surface area contributed by atoms with Crippen LogP contribution < -0.4 is 0 Å². The van der Waals surface area contributed by atoms with Gasteiger partial charge in [-0.3, -0.25) is 0 Å². The highest BCUT2D eigenvalue weighted by atomic mass is 16.7. The van der Waals surface area contributed by atoms with Gasteiger partial charge in [-0.05, 0) is 25.7 Å². The van der Waals surface area contributed by atoms with Gasteiger partial charge in [-0.2, -0.15) is 0 Å². The molecule has 4 atom stereocenters. The Balaban J connectivity index is 1.92. The highest BCUT2D eigenvalue weighted by Crippen LogP contribution is 2.44. The monoisotopic (exact) mass is 227 g/mol. The van der Waals surface area contributed by atoms with Gasteiger partial charge in [0, 0.05) is 7.11 Å². The highest BCUT2D eigenvalue weighted by Gasteiger charge is 2.59. The van der Waals surface area contributed by atoms with E-state index in [4.69, 9.17) is 18.9 Å². The zero-order valence-electron chi connectivity index (χ0n) is 9.18. The molecule has 2 heterocycles. The second-order valence-electron chi connectivity index (χ2n) is 4.51. The fourth-order valence-electron chi connectivity index (χ4n) is 2.93. The maximum atomic E-state index is 11.8. The van der Waals surface area contributed by atoms with Crippen molar-refractivity contribution in [1.29, 1.82) is 0 Å². The van der Waals surface area contributed by atoms with Gasteiger partial charge in [0.1, 0.15) is 24.6 Å². The molecule has 2 aliphatic heterocycles. The molecule has 3 rings (SSSR count). The number of hydrogen-bond donors (Lipinski definition) is 0. The summed E-state index contributed by atoms with van der Waals surface area (Å²) in [5.74, 6) is -0.314. The lowest BCUT2D eigenvalue weighted by Crippen LogP contribution is -2.61. The predicted molar refractivity (Wildman–Crippen MR) is 52.4 cm³/mol. The summed E-state index contributed by atoms with van der Waals surface area (Å²) in [5.41, 5.74) is -0.527. The van der Waals surface area contributed by atoms with Crippen LogP contribution in [0.1, 0.15) is 19.3 Å². The molecule has 5 heteroatoms. The smallest absolute Gasteiger partial charge is 0.338 e. The first-order valence-corrected chi connectivity index (χ1v) is 5.57. The topological polar surface area (TPSA) is 54.0 Å². The van der Waals surface area contributed by atoms with Crippen molar-refractivity contribution in [2.45, 2.75) is 43.2 Å². The second kappa shape index (κ2) is 3.68. The summed E-state index contributed by atoms with van der Waals surface area (Å²) >= 11 is 0. The minimum absolute atomic E-state index is 0.143. The normalized spacial score (nSPS) is 41.1. The van der Waals surface area contributed by atoms with E-state index in [0.29, 0.717) is 0 Å². The SMILES string of the molecule is CO[C@H]1[C@H]2OCO[C@@H]2C(=O)OC12C[CH]CC2. The third-order valence-corrected chi connectivity index (χ3v) is 3.67. The quantitative estimate of drug-likeness (QED) is 0.608. The lowest BCUT2D eigenvalue weighted by molar-refractivity contribution is -0.216. The van der Waals surface area contributed by atoms with Crippen LogP contribution in [-0.2, 0) is 23.7 Å². The molecule has 0 aromatic heterocycles. The number of carbonyl (C=O) groups is 1. The first-order chi connectivity index (χ1) is 7.77. The Kier molecular flexibility index (Phi) is 2.42. The molecule has 1 aliphatic carbocycles. The van der Waals surface area contributed by atoms with E-state index in [1.165, 1.54) is 0 Å². The standard InChI is InChI=1S/C11H15O5/c1-13-9-7-8(15-6-14-7)10(12)16-11(9)4-2-3-5-11/h2,7-9H,3-6H2,1H3/t7-,8-,9-,11?/m0/s1. The van der Waals surface area contributed by atoms with E-state index in [-0.39, 0.29) is 25.0 Å². The molecular weight excluding hydrogens is 212 g/mol. The predicted octanol–water partition coefficient (Wildman–Crippen LogP) is 0.427. The van der Waals surface area contributed by atoms with Gasteiger partial charge in [0.2, 0.25) is 0 Å². The molecule has 0 aromatic rings. The Morgan fingerprint density at radius 2 is 2.38 bits per heavy atom. The van der Waals surface area contributed by atoms with Crippen molar-refractivity contribution in [3.05, 3.63) is 6.42 Å². The molecule has 0 N–H and O–H groups in total. The van der Waals surface area contributed by atoms with Crippen LogP contribution in [0.15, 0.2) is 0 Å². The first kappa shape index (κ1) is 10.5. The third kappa shape index (κ3) is 1.31. The molecule has 0 aromatic carbocycles. The molecule has 1 unspecified atom stereocenters. The van der Waals surface area contributed by atoms with Gasteiger partial charge < -0.3 is 18.9 Å². The Labute approximate surface area is 94.0 Å². The summed E-state index contributed by atoms with van der Waals surface area (Å²) in [6.45, 7) is 0.143. The minimum Gasteiger partial charge on any atom is -0.454 e. The summed E-state index contributed by atoms with van der Waals surface area (Å²) in [7, 11) is 1.63. The van der Waals surface area contributed by atoms with Gasteiger partial charge in [-0.15, -0.1) is 0 Å². The van der Waals surface area contributed by atoms with Crippen LogP contribution in [0, 0.1) is 6.42 Å². The second-order valence-corrected chi connectivity index (χ2v) is 4.51. The lowest BCUT2D eigenvalue weighted by Gasteiger charge is -2.43. The van der Waals surface area contributed by atoms with Crippen LogP contribution in [0.2, 0.25) is 0 Å². The molecular formula is C11H15O5. The molecule has 1 spiro atoms. The van der Waals surface area contributed by atoms with Gasteiger partial charge >= 0.3 is 5.97 Å². The minimum atomic E-state index is -0.615. The van der Waals surface area contributed by atoms with Crippen molar-refractivity contribution in [3.63, 3.8) is 0 Å². The largest absolute Gasteiger partial charge is 0.454 e. The molecule has 3 fully saturated rings. The van der Waals surface area contributed by atoms with Gasteiger partial charge in [0.25, 0.3) is 0 Å². The number of rotatable bonds is 1. The van der Waals surface area contributed by atoms with E-state index in [9.17, 15) is 4.79 Å². The fourth-order valence-corrected chi connectivity index (χ4v) is 2.93. The van der Waals surface area contributed by atoms with Crippen molar-refractivity contribution in [3.8, 4) is 0 Å². The molecule has 1 saturated carbocycles. The number of fused-ring (bicyclic) bond motifs is 1. The van der Waals surface area contributed by atoms with Crippen molar-refractivity contribution >= 4 is 5.97 Å². The third-order valence-electron chi connectivity index (χ3n) is 3.67. The Morgan fingerprint density at radius 1 is 1.50 bits per heavy atom. The molecule has 2 saturated heterocycles. The van der Waals surface area contributed by atoms with Gasteiger partial charge in [0.05, 0.1) is 0 Å². The van der Waals surface area contributed by atoms with Crippen molar-refractivity contribution in [1.82, 2.24) is 0 Å². The van der Waals surface area contributed by atoms with Crippen LogP contribution in [0.4, 0.5) is 0 Å². The number of hydrogen-bond acceptors (Lipinski definition) is 5. The Hall–Kier alpha value is -0.650. The van der Waals surface area contributed by atoms with E-state index >= 15 is 0 Å². The van der Waals surface area contributed by atoms with E-state index in [0.717, 1.165) is 19.3 Å². The summed E-state index contributed by atoms with van der Waals surface area (Å²) in [4.78, 5) is 11.8. The molecule has 3 aliphatic rings. The summed E-state index contributed by atoms with van der Waals surface area (Å²) in [6.07, 6.45) is 3.47. The van der Waals surface area contributed by atoms with Crippen LogP contribution in [0.25, 0.3) is 0 Å². The van der Waals surface area contributed by atoms with Crippen LogP contribution in [-0.4, -0.2) is 43.8 Å². The van der Waals surface area contributed by atoms with E-state index < -0.39 is 11.7 Å². The summed E-state index contributed by atoms with van der Waals surface area (Å²) < 4.78 is 21.7. The van der Waals surface area contributed by atoms with E-state index in [1.54, 1.807) is 7.11 Å². The average Bonchev–Trinajstić information content (AvgIpc) is 2.88. The molecule has 16 heavy (non-hydrogen) atoms. The molecule has 0 amide bonds. The lowest BCUT2D eigenvalue weighted by atomic mass is 9.85. The molecule has 89 valence electrons. The van der Waals surface area contributed by atoms with Crippen LogP contribution >= 0.6 is 0 Å². The van der Waals surface area contributed by atoms with Crippen molar-refractivity contribution < 1.29 is 23.7 Å². The van der Waals surface area contributed by atoms with Gasteiger partial charge in [0.15, 0.2) is 6.10 Å². The number of methoxy groups -OCH3 is 1. The maximum absolute atomic E-state index is 11.8. The van der Waals surface area contributed by atoms with Gasteiger partial charge in [-0.1, -0.05) is 0 Å². The van der Waals surface area contributed by atoms with E-state index in [1.807, 2.05) is 0 Å². The highest BCUT2D eigenvalue weighted by molar-refractivity contribution is 5.77. The Morgan fingerprint density at radius 3 is 3.06 bits per heavy atom. The molecule has 5 nitrogen and oxygen atoms in total. The molecule has 0 bridgehead atoms. The fraction of sp³-hybridized carbons (Fsp3) is 0.818. The van der Waals surface area contributed by atoms with Crippen molar-refractivity contribution in [2.75, 3.05) is 13.9 Å². The zero-order chi connectivity index (χ0) is 11.2. The Bertz CT molecular complexity index is 297. The average molecular weight is 227 g/mol. The summed E-state index contributed by atoms with van der Waals surface area (Å²) in [6, 6.07) is 0. The maximum Gasteiger partial charge on any atom is 0.338 e.